The van der Waals surface area contributed by atoms with Gasteiger partial charge in [-0.3, -0.25) is 10.1 Å². The monoisotopic (exact) mass is 235 g/mol. The smallest absolute Gasteiger partial charge is 0.287 e. The van der Waals surface area contributed by atoms with Crippen LogP contribution in [0.1, 0.15) is 31.7 Å². The van der Waals surface area contributed by atoms with Crippen molar-refractivity contribution in [2.24, 2.45) is 5.92 Å². The molecule has 0 bridgehead atoms. The number of anilines is 1. The van der Waals surface area contributed by atoms with Crippen molar-refractivity contribution in [3.05, 3.63) is 27.9 Å². The van der Waals surface area contributed by atoms with E-state index in [1.807, 2.05) is 6.92 Å². The number of hydrogen-bond acceptors (Lipinski definition) is 4. The van der Waals surface area contributed by atoms with Gasteiger partial charge in [-0.15, -0.1) is 0 Å². The first-order chi connectivity index (χ1) is 8.08. The lowest BCUT2D eigenvalue weighted by molar-refractivity contribution is -0.385. The van der Waals surface area contributed by atoms with E-state index >= 15 is 0 Å². The van der Waals surface area contributed by atoms with Crippen molar-refractivity contribution in [2.75, 3.05) is 5.32 Å². The Bertz CT molecular complexity index is 430. The Balaban J connectivity index is 2.07. The van der Waals surface area contributed by atoms with Gasteiger partial charge in [0.2, 0.25) is 0 Å². The van der Waals surface area contributed by atoms with Crippen LogP contribution in [-0.2, 0) is 0 Å². The van der Waals surface area contributed by atoms with Gasteiger partial charge in [-0.1, -0.05) is 6.42 Å². The van der Waals surface area contributed by atoms with E-state index < -0.39 is 4.92 Å². The minimum Gasteiger partial charge on any atom is -0.367 e. The zero-order chi connectivity index (χ0) is 12.4. The van der Waals surface area contributed by atoms with Crippen molar-refractivity contribution in [3.8, 4) is 0 Å². The Morgan fingerprint density at radius 2 is 2.29 bits per heavy atom. The highest BCUT2D eigenvalue weighted by Crippen LogP contribution is 2.31. The van der Waals surface area contributed by atoms with Gasteiger partial charge in [-0.05, 0) is 38.2 Å². The summed E-state index contributed by atoms with van der Waals surface area (Å²) in [7, 11) is 0. The lowest BCUT2D eigenvalue weighted by Gasteiger charge is -2.32. The summed E-state index contributed by atoms with van der Waals surface area (Å²) < 4.78 is 0. The highest BCUT2D eigenvalue weighted by atomic mass is 16.6. The van der Waals surface area contributed by atoms with Gasteiger partial charge in [0, 0.05) is 12.1 Å². The molecule has 2 rings (SSSR count). The molecule has 1 aromatic rings. The number of aromatic nitrogens is 1. The quantitative estimate of drug-likeness (QED) is 0.643. The molecule has 1 heterocycles. The summed E-state index contributed by atoms with van der Waals surface area (Å²) in [4.78, 5) is 14.3. The summed E-state index contributed by atoms with van der Waals surface area (Å²) in [6.07, 6.45) is 5.15. The van der Waals surface area contributed by atoms with Gasteiger partial charge in [0.05, 0.1) is 4.92 Å². The Morgan fingerprint density at radius 3 is 2.76 bits per heavy atom. The molecule has 0 spiro atoms. The summed E-state index contributed by atoms with van der Waals surface area (Å²) in [5, 5.41) is 13.9. The molecule has 1 aliphatic carbocycles. The summed E-state index contributed by atoms with van der Waals surface area (Å²) in [6, 6.07) is 1.94. The maximum absolute atomic E-state index is 10.6. The van der Waals surface area contributed by atoms with Crippen molar-refractivity contribution < 1.29 is 4.92 Å². The molecule has 1 fully saturated rings. The Kier molecular flexibility index (Phi) is 3.26. The van der Waals surface area contributed by atoms with Gasteiger partial charge in [0.1, 0.15) is 12.0 Å². The molecule has 1 N–H and O–H groups in total. The topological polar surface area (TPSA) is 68.1 Å². The molecular weight excluding hydrogens is 218 g/mol. The molecule has 5 nitrogen and oxygen atoms in total. The second kappa shape index (κ2) is 4.69. The van der Waals surface area contributed by atoms with Crippen LogP contribution in [0.2, 0.25) is 0 Å². The number of nitro groups is 1. The predicted molar refractivity (Wildman–Crippen MR) is 66.1 cm³/mol. The fourth-order valence-electron chi connectivity index (χ4n) is 2.08. The molecule has 1 aliphatic rings. The second-order valence-corrected chi connectivity index (χ2v) is 4.74. The van der Waals surface area contributed by atoms with E-state index in [9.17, 15) is 10.1 Å². The first-order valence-electron chi connectivity index (χ1n) is 5.95. The largest absolute Gasteiger partial charge is 0.367 e. The van der Waals surface area contributed by atoms with Crippen molar-refractivity contribution in [1.82, 2.24) is 4.98 Å². The minimum absolute atomic E-state index is 0.0457. The first kappa shape index (κ1) is 11.8. The van der Waals surface area contributed by atoms with E-state index in [0.29, 0.717) is 12.0 Å². The van der Waals surface area contributed by atoms with E-state index in [4.69, 9.17) is 0 Å². The highest BCUT2D eigenvalue weighted by molar-refractivity contribution is 5.48. The zero-order valence-electron chi connectivity index (χ0n) is 10.1. The van der Waals surface area contributed by atoms with Crippen LogP contribution in [0.25, 0.3) is 0 Å². The maximum Gasteiger partial charge on any atom is 0.287 e. The van der Waals surface area contributed by atoms with Crippen LogP contribution in [0.15, 0.2) is 12.3 Å². The lowest BCUT2D eigenvalue weighted by atomic mass is 9.80. The normalized spacial score (nSPS) is 17.3. The number of pyridine rings is 1. The standard InChI is InChI=1S/C12H17N3O2/c1-8-6-11(15(16)17)7-13-12(8)14-9(2)10-4-3-5-10/h6-7,9-10H,3-5H2,1-2H3,(H,13,14). The lowest BCUT2D eigenvalue weighted by Crippen LogP contribution is -2.31. The molecule has 0 aromatic carbocycles. The molecule has 0 saturated heterocycles. The van der Waals surface area contributed by atoms with Gasteiger partial charge >= 0.3 is 0 Å². The average Bonchev–Trinajstić information content (AvgIpc) is 2.18. The molecule has 1 unspecified atom stereocenters. The molecule has 0 radical (unpaired) electrons. The number of aryl methyl sites for hydroxylation is 1. The van der Waals surface area contributed by atoms with Gasteiger partial charge in [0.15, 0.2) is 0 Å². The van der Waals surface area contributed by atoms with Crippen LogP contribution in [0.3, 0.4) is 0 Å². The van der Waals surface area contributed by atoms with Gasteiger partial charge < -0.3 is 5.32 Å². The van der Waals surface area contributed by atoms with Crippen LogP contribution in [0.5, 0.6) is 0 Å². The molecule has 1 saturated carbocycles. The first-order valence-corrected chi connectivity index (χ1v) is 5.95. The van der Waals surface area contributed by atoms with E-state index in [-0.39, 0.29) is 5.69 Å². The molecular formula is C12H17N3O2. The fraction of sp³-hybridized carbons (Fsp3) is 0.583. The maximum atomic E-state index is 10.6. The Labute approximate surface area is 100 Å². The molecule has 92 valence electrons. The van der Waals surface area contributed by atoms with Crippen molar-refractivity contribution in [3.63, 3.8) is 0 Å². The molecule has 5 heteroatoms. The Hall–Kier alpha value is -1.65. The van der Waals surface area contributed by atoms with Crippen LogP contribution in [-0.4, -0.2) is 15.9 Å². The van der Waals surface area contributed by atoms with Crippen LogP contribution in [0, 0.1) is 23.0 Å². The second-order valence-electron chi connectivity index (χ2n) is 4.74. The molecule has 0 amide bonds. The van der Waals surface area contributed by atoms with Crippen molar-refractivity contribution in [1.29, 1.82) is 0 Å². The van der Waals surface area contributed by atoms with E-state index in [2.05, 4.69) is 17.2 Å². The fourth-order valence-corrected chi connectivity index (χ4v) is 2.08. The average molecular weight is 235 g/mol. The van der Waals surface area contributed by atoms with Gasteiger partial charge in [-0.25, -0.2) is 4.98 Å². The summed E-state index contributed by atoms with van der Waals surface area (Å²) >= 11 is 0. The number of rotatable bonds is 4. The van der Waals surface area contributed by atoms with Gasteiger partial charge in [-0.2, -0.15) is 0 Å². The van der Waals surface area contributed by atoms with Crippen LogP contribution < -0.4 is 5.32 Å². The molecule has 0 aliphatic heterocycles. The van der Waals surface area contributed by atoms with Crippen LogP contribution in [0.4, 0.5) is 11.5 Å². The third-order valence-electron chi connectivity index (χ3n) is 3.50. The SMILES string of the molecule is Cc1cc([N+](=O)[O-])cnc1NC(C)C1CCC1. The molecule has 17 heavy (non-hydrogen) atoms. The zero-order valence-corrected chi connectivity index (χ0v) is 10.1. The summed E-state index contributed by atoms with van der Waals surface area (Å²) in [5.41, 5.74) is 0.870. The summed E-state index contributed by atoms with van der Waals surface area (Å²) in [5.74, 6) is 1.47. The third-order valence-corrected chi connectivity index (χ3v) is 3.50. The number of nitrogens with one attached hydrogen (secondary N) is 1. The van der Waals surface area contributed by atoms with E-state index in [0.717, 1.165) is 11.4 Å². The minimum atomic E-state index is -0.418. The van der Waals surface area contributed by atoms with E-state index in [1.165, 1.54) is 25.5 Å². The number of hydrogen-bond donors (Lipinski definition) is 1. The predicted octanol–water partition coefficient (Wildman–Crippen LogP) is 2.90. The number of nitrogens with zero attached hydrogens (tertiary/aromatic N) is 2. The summed E-state index contributed by atoms with van der Waals surface area (Å²) in [6.45, 7) is 3.99. The van der Waals surface area contributed by atoms with E-state index in [1.54, 1.807) is 6.07 Å². The Morgan fingerprint density at radius 1 is 1.59 bits per heavy atom. The molecule has 1 aromatic heterocycles. The van der Waals surface area contributed by atoms with Crippen molar-refractivity contribution in [2.45, 2.75) is 39.2 Å². The van der Waals surface area contributed by atoms with Crippen molar-refractivity contribution >= 4 is 11.5 Å². The third kappa shape index (κ3) is 2.54. The highest BCUT2D eigenvalue weighted by Gasteiger charge is 2.24. The van der Waals surface area contributed by atoms with Gasteiger partial charge in [0.25, 0.3) is 5.69 Å². The molecule has 1 atom stereocenters. The van der Waals surface area contributed by atoms with Crippen LogP contribution >= 0.6 is 0 Å².